The average Bonchev–Trinajstić information content (AvgIpc) is 2.92. The third-order valence-corrected chi connectivity index (χ3v) is 2.99. The van der Waals surface area contributed by atoms with Crippen LogP contribution in [-0.2, 0) is 4.74 Å². The van der Waals surface area contributed by atoms with Crippen molar-refractivity contribution in [2.45, 2.75) is 24.4 Å². The van der Waals surface area contributed by atoms with Gasteiger partial charge in [-0.2, -0.15) is 0 Å². The number of imidazole rings is 1. The van der Waals surface area contributed by atoms with E-state index in [1.165, 1.54) is 6.33 Å². The third-order valence-electron chi connectivity index (χ3n) is 2.99. The van der Waals surface area contributed by atoms with Crippen LogP contribution in [0.15, 0.2) is 12.5 Å². The molecule has 1 fully saturated rings. The monoisotopic (exact) mass is 252 g/mol. The smallest absolute Gasteiger partial charge is 0.180 e. The highest BCUT2D eigenvalue weighted by molar-refractivity contribution is 5.68. The first kappa shape index (κ1) is 11.5. The summed E-state index contributed by atoms with van der Waals surface area (Å²) in [6.07, 6.45) is -0.990. The number of hydrogen-bond donors (Lipinski definition) is 4. The fourth-order valence-corrected chi connectivity index (χ4v) is 2.04. The zero-order valence-corrected chi connectivity index (χ0v) is 9.26. The molecule has 0 radical (unpaired) electrons. The molecule has 3 heterocycles. The van der Waals surface area contributed by atoms with Crippen molar-refractivity contribution in [2.75, 3.05) is 6.61 Å². The fourth-order valence-electron chi connectivity index (χ4n) is 2.04. The van der Waals surface area contributed by atoms with Crippen LogP contribution in [0.5, 0.6) is 0 Å². The fraction of sp³-hybridized carbons (Fsp3) is 0.500. The van der Waals surface area contributed by atoms with Crippen molar-refractivity contribution in [2.24, 2.45) is 0 Å². The Bertz CT molecular complexity index is 527. The van der Waals surface area contributed by atoms with Crippen molar-refractivity contribution in [1.29, 1.82) is 0 Å². The SMILES string of the molecule is OC[C@H]1OC(c2nc3ncncc3[nH]2)[C@H](O)[C@H]1O. The largest absolute Gasteiger partial charge is 0.394 e. The molecule has 3 rings (SSSR count). The van der Waals surface area contributed by atoms with E-state index >= 15 is 0 Å². The van der Waals surface area contributed by atoms with Crippen LogP contribution in [0.4, 0.5) is 0 Å². The summed E-state index contributed by atoms with van der Waals surface area (Å²) in [6, 6.07) is 0. The summed E-state index contributed by atoms with van der Waals surface area (Å²) in [7, 11) is 0. The van der Waals surface area contributed by atoms with Crippen LogP contribution in [0.2, 0.25) is 0 Å². The maximum absolute atomic E-state index is 9.86. The van der Waals surface area contributed by atoms with Crippen LogP contribution < -0.4 is 0 Å². The van der Waals surface area contributed by atoms with E-state index in [1.807, 2.05) is 0 Å². The molecule has 1 saturated heterocycles. The van der Waals surface area contributed by atoms with Gasteiger partial charge in [-0.15, -0.1) is 0 Å². The Kier molecular flexibility index (Phi) is 2.71. The lowest BCUT2D eigenvalue weighted by molar-refractivity contribution is -0.0249. The molecule has 96 valence electrons. The number of nitrogens with one attached hydrogen (secondary N) is 1. The number of rotatable bonds is 2. The highest BCUT2D eigenvalue weighted by Crippen LogP contribution is 2.32. The standard InChI is InChI=1S/C10H12N4O4/c15-2-5-6(16)7(17)8(18-5)10-13-4-1-11-3-12-9(4)14-10/h1,3,5-8,15-17H,2H2,(H,11,12,13,14)/t5-,6+,7-,8?/m1/s1. The maximum Gasteiger partial charge on any atom is 0.180 e. The van der Waals surface area contributed by atoms with Gasteiger partial charge in [-0.1, -0.05) is 0 Å². The number of ether oxygens (including phenoxy) is 1. The topological polar surface area (TPSA) is 124 Å². The lowest BCUT2D eigenvalue weighted by Crippen LogP contribution is -2.32. The molecule has 0 spiro atoms. The van der Waals surface area contributed by atoms with Gasteiger partial charge in [0.25, 0.3) is 0 Å². The Morgan fingerprint density at radius 1 is 1.33 bits per heavy atom. The van der Waals surface area contributed by atoms with Gasteiger partial charge in [-0.3, -0.25) is 0 Å². The van der Waals surface area contributed by atoms with Gasteiger partial charge in [0.1, 0.15) is 42.1 Å². The summed E-state index contributed by atoms with van der Waals surface area (Å²) in [5, 5.41) is 28.5. The molecule has 2 aromatic rings. The van der Waals surface area contributed by atoms with Gasteiger partial charge in [0, 0.05) is 0 Å². The van der Waals surface area contributed by atoms with Crippen LogP contribution in [0.1, 0.15) is 11.9 Å². The predicted octanol–water partition coefficient (Wildman–Crippen LogP) is -1.49. The molecule has 0 bridgehead atoms. The number of aromatic nitrogens is 4. The summed E-state index contributed by atoms with van der Waals surface area (Å²) in [4.78, 5) is 14.9. The molecular weight excluding hydrogens is 240 g/mol. The molecule has 2 aromatic heterocycles. The van der Waals surface area contributed by atoms with Gasteiger partial charge in [-0.25, -0.2) is 15.0 Å². The number of fused-ring (bicyclic) bond motifs is 1. The zero-order valence-electron chi connectivity index (χ0n) is 9.26. The van der Waals surface area contributed by atoms with E-state index in [0.29, 0.717) is 17.0 Å². The molecule has 4 N–H and O–H groups in total. The number of aliphatic hydroxyl groups is 3. The van der Waals surface area contributed by atoms with E-state index in [2.05, 4.69) is 19.9 Å². The van der Waals surface area contributed by atoms with E-state index in [0.717, 1.165) is 0 Å². The van der Waals surface area contributed by atoms with E-state index in [4.69, 9.17) is 9.84 Å². The molecule has 0 saturated carbocycles. The number of nitrogens with zero attached hydrogens (tertiary/aromatic N) is 3. The first-order chi connectivity index (χ1) is 8.70. The van der Waals surface area contributed by atoms with Crippen LogP contribution in [0.3, 0.4) is 0 Å². The van der Waals surface area contributed by atoms with Crippen LogP contribution in [0, 0.1) is 0 Å². The average molecular weight is 252 g/mol. The quantitative estimate of drug-likeness (QED) is 0.513. The number of aliphatic hydroxyl groups excluding tert-OH is 3. The highest BCUT2D eigenvalue weighted by Gasteiger charge is 2.44. The van der Waals surface area contributed by atoms with Crippen LogP contribution in [0.25, 0.3) is 11.2 Å². The second-order valence-corrected chi connectivity index (χ2v) is 4.14. The minimum Gasteiger partial charge on any atom is -0.394 e. The minimum absolute atomic E-state index is 0.355. The summed E-state index contributed by atoms with van der Waals surface area (Å²) in [5.74, 6) is 0.355. The summed E-state index contributed by atoms with van der Waals surface area (Å²) < 4.78 is 5.36. The van der Waals surface area contributed by atoms with Gasteiger partial charge in [0.15, 0.2) is 5.65 Å². The van der Waals surface area contributed by atoms with Crippen molar-refractivity contribution in [3.8, 4) is 0 Å². The number of H-pyrrole nitrogens is 1. The van der Waals surface area contributed by atoms with Gasteiger partial charge in [0.05, 0.1) is 12.8 Å². The molecule has 1 unspecified atom stereocenters. The normalized spacial score (nSPS) is 32.2. The third kappa shape index (κ3) is 1.66. The van der Waals surface area contributed by atoms with Crippen molar-refractivity contribution >= 4 is 11.2 Å². The van der Waals surface area contributed by atoms with Crippen molar-refractivity contribution in [1.82, 2.24) is 19.9 Å². The molecule has 18 heavy (non-hydrogen) atoms. The molecule has 8 nitrogen and oxygen atoms in total. The summed E-state index contributed by atoms with van der Waals surface area (Å²) in [5.41, 5.74) is 1.07. The molecule has 1 aliphatic rings. The summed E-state index contributed by atoms with van der Waals surface area (Å²) >= 11 is 0. The lowest BCUT2D eigenvalue weighted by atomic mass is 10.1. The molecule has 4 atom stereocenters. The van der Waals surface area contributed by atoms with E-state index < -0.39 is 24.4 Å². The Labute approximate surface area is 101 Å². The molecule has 0 amide bonds. The molecule has 1 aliphatic heterocycles. The lowest BCUT2D eigenvalue weighted by Gasteiger charge is -2.11. The summed E-state index contributed by atoms with van der Waals surface area (Å²) in [6.45, 7) is -0.366. The Morgan fingerprint density at radius 3 is 2.83 bits per heavy atom. The molecule has 0 aliphatic carbocycles. The van der Waals surface area contributed by atoms with Gasteiger partial charge >= 0.3 is 0 Å². The van der Waals surface area contributed by atoms with Crippen LogP contribution in [-0.4, -0.2) is 60.2 Å². The molecular formula is C10H12N4O4. The van der Waals surface area contributed by atoms with E-state index in [1.54, 1.807) is 6.20 Å². The van der Waals surface area contributed by atoms with Gasteiger partial charge in [0.2, 0.25) is 0 Å². The van der Waals surface area contributed by atoms with Gasteiger partial charge < -0.3 is 25.0 Å². The van der Waals surface area contributed by atoms with Crippen molar-refractivity contribution in [3.05, 3.63) is 18.3 Å². The van der Waals surface area contributed by atoms with Crippen molar-refractivity contribution < 1.29 is 20.1 Å². The second-order valence-electron chi connectivity index (χ2n) is 4.14. The first-order valence-electron chi connectivity index (χ1n) is 5.49. The maximum atomic E-state index is 9.86. The van der Waals surface area contributed by atoms with E-state index in [-0.39, 0.29) is 6.61 Å². The second kappa shape index (κ2) is 4.25. The Balaban J connectivity index is 1.95. The Hall–Kier alpha value is -1.61. The van der Waals surface area contributed by atoms with Crippen LogP contribution >= 0.6 is 0 Å². The zero-order chi connectivity index (χ0) is 12.7. The first-order valence-corrected chi connectivity index (χ1v) is 5.49. The minimum atomic E-state index is -1.14. The predicted molar refractivity (Wildman–Crippen MR) is 58.4 cm³/mol. The number of aromatic amines is 1. The Morgan fingerprint density at radius 2 is 2.17 bits per heavy atom. The molecule has 8 heteroatoms. The highest BCUT2D eigenvalue weighted by atomic mass is 16.6. The van der Waals surface area contributed by atoms with E-state index in [9.17, 15) is 10.2 Å². The molecule has 0 aromatic carbocycles. The number of hydrogen-bond acceptors (Lipinski definition) is 7. The van der Waals surface area contributed by atoms with Gasteiger partial charge in [-0.05, 0) is 0 Å². The van der Waals surface area contributed by atoms with Crippen molar-refractivity contribution in [3.63, 3.8) is 0 Å².